The second-order valence-electron chi connectivity index (χ2n) is 4.72. The summed E-state index contributed by atoms with van der Waals surface area (Å²) in [5, 5.41) is 11.6. The molecule has 1 aliphatic carbocycles. The number of nitrogens with one attached hydrogen (secondary N) is 1. The molecule has 2 N–H and O–H groups in total. The van der Waals surface area contributed by atoms with E-state index in [1.54, 1.807) is 24.3 Å². The molecule has 0 unspecified atom stereocenters. The summed E-state index contributed by atoms with van der Waals surface area (Å²) in [5.41, 5.74) is -0.640. The lowest BCUT2D eigenvalue weighted by Gasteiger charge is -2.13. The molecular weight excluding hydrogens is 246 g/mol. The van der Waals surface area contributed by atoms with Gasteiger partial charge in [0.1, 0.15) is 11.3 Å². The average Bonchev–Trinajstić information content (AvgIpc) is 3.17. The van der Waals surface area contributed by atoms with Crippen molar-refractivity contribution < 1.29 is 19.4 Å². The van der Waals surface area contributed by atoms with Crippen LogP contribution < -0.4 is 10.1 Å². The Labute approximate surface area is 111 Å². The van der Waals surface area contributed by atoms with Crippen molar-refractivity contribution >= 4 is 11.9 Å². The molecule has 0 bridgehead atoms. The first-order chi connectivity index (χ1) is 9.07. The van der Waals surface area contributed by atoms with E-state index in [2.05, 4.69) is 5.32 Å². The van der Waals surface area contributed by atoms with Crippen LogP contribution in [0, 0.1) is 0 Å². The molecule has 5 nitrogen and oxygen atoms in total. The Hall–Kier alpha value is -2.04. The summed E-state index contributed by atoms with van der Waals surface area (Å²) in [7, 11) is 0. The van der Waals surface area contributed by atoms with Crippen molar-refractivity contribution in [3.05, 3.63) is 29.8 Å². The lowest BCUT2D eigenvalue weighted by molar-refractivity contribution is -0.140. The maximum absolute atomic E-state index is 12.0. The number of carboxylic acids is 1. The number of carbonyl (C=O) groups excluding carboxylic acids is 1. The molecule has 102 valence electrons. The summed E-state index contributed by atoms with van der Waals surface area (Å²) < 4.78 is 5.44. The zero-order valence-corrected chi connectivity index (χ0v) is 10.8. The lowest BCUT2D eigenvalue weighted by atomic mass is 10.1. The highest BCUT2D eigenvalue weighted by Gasteiger charge is 2.51. The van der Waals surface area contributed by atoms with Crippen LogP contribution in [0.1, 0.15) is 36.5 Å². The van der Waals surface area contributed by atoms with Crippen LogP contribution in [0.5, 0.6) is 5.75 Å². The highest BCUT2D eigenvalue weighted by atomic mass is 16.5. The van der Waals surface area contributed by atoms with Gasteiger partial charge in [-0.3, -0.25) is 4.79 Å². The summed E-state index contributed by atoms with van der Waals surface area (Å²) in [6, 6.07) is 6.77. The van der Waals surface area contributed by atoms with Crippen LogP contribution in [0.2, 0.25) is 0 Å². The van der Waals surface area contributed by atoms with Gasteiger partial charge in [0.15, 0.2) is 0 Å². The topological polar surface area (TPSA) is 75.6 Å². The molecule has 1 aromatic rings. The molecule has 0 saturated heterocycles. The molecule has 1 fully saturated rings. The molecule has 19 heavy (non-hydrogen) atoms. The van der Waals surface area contributed by atoms with Gasteiger partial charge >= 0.3 is 5.97 Å². The molecule has 0 spiro atoms. The third-order valence-corrected chi connectivity index (χ3v) is 3.08. The molecule has 1 saturated carbocycles. The highest BCUT2D eigenvalue weighted by molar-refractivity contribution is 5.99. The molecule has 0 atom stereocenters. The number of ether oxygens (including phenoxy) is 1. The molecule has 1 aliphatic rings. The Morgan fingerprint density at radius 2 is 2.16 bits per heavy atom. The van der Waals surface area contributed by atoms with Crippen LogP contribution in [0.15, 0.2) is 24.3 Å². The first kappa shape index (κ1) is 13.4. The summed E-state index contributed by atoms with van der Waals surface area (Å²) >= 11 is 0. The predicted octanol–water partition coefficient (Wildman–Crippen LogP) is 1.82. The van der Waals surface area contributed by atoms with Gasteiger partial charge in [0.05, 0.1) is 6.61 Å². The summed E-state index contributed by atoms with van der Waals surface area (Å²) in [5.74, 6) is -0.726. The largest absolute Gasteiger partial charge is 0.494 e. The van der Waals surface area contributed by atoms with Crippen LogP contribution in [0.4, 0.5) is 0 Å². The third-order valence-electron chi connectivity index (χ3n) is 3.08. The van der Waals surface area contributed by atoms with Gasteiger partial charge in [0.2, 0.25) is 0 Å². The van der Waals surface area contributed by atoms with Crippen LogP contribution in [-0.4, -0.2) is 29.1 Å². The van der Waals surface area contributed by atoms with Gasteiger partial charge in [-0.25, -0.2) is 4.79 Å². The second kappa shape index (κ2) is 5.30. The van der Waals surface area contributed by atoms with Crippen molar-refractivity contribution in [2.24, 2.45) is 0 Å². The first-order valence-corrected chi connectivity index (χ1v) is 6.36. The average molecular weight is 263 g/mol. The van der Waals surface area contributed by atoms with Gasteiger partial charge in [-0.05, 0) is 37.5 Å². The third kappa shape index (κ3) is 3.05. The van der Waals surface area contributed by atoms with E-state index < -0.39 is 11.5 Å². The van der Waals surface area contributed by atoms with Gasteiger partial charge in [-0.15, -0.1) is 0 Å². The Morgan fingerprint density at radius 3 is 2.74 bits per heavy atom. The molecule has 5 heteroatoms. The van der Waals surface area contributed by atoms with Crippen molar-refractivity contribution in [2.75, 3.05) is 6.61 Å². The lowest BCUT2D eigenvalue weighted by Crippen LogP contribution is -2.43. The molecule has 2 rings (SSSR count). The zero-order valence-electron chi connectivity index (χ0n) is 10.8. The molecule has 0 heterocycles. The van der Waals surface area contributed by atoms with E-state index in [-0.39, 0.29) is 5.91 Å². The summed E-state index contributed by atoms with van der Waals surface area (Å²) in [4.78, 5) is 23.0. The van der Waals surface area contributed by atoms with Crippen molar-refractivity contribution in [3.63, 3.8) is 0 Å². The van der Waals surface area contributed by atoms with Crippen molar-refractivity contribution in [3.8, 4) is 5.75 Å². The van der Waals surface area contributed by atoms with Gasteiger partial charge < -0.3 is 15.2 Å². The minimum absolute atomic E-state index is 0.373. The van der Waals surface area contributed by atoms with Crippen LogP contribution in [0.3, 0.4) is 0 Å². The Morgan fingerprint density at radius 1 is 1.42 bits per heavy atom. The van der Waals surface area contributed by atoms with E-state index in [9.17, 15) is 9.59 Å². The molecular formula is C14H17NO4. The minimum Gasteiger partial charge on any atom is -0.494 e. The number of carboxylic acid groups (broad SMARTS) is 1. The quantitative estimate of drug-likeness (QED) is 0.821. The Balaban J connectivity index is 2.05. The van der Waals surface area contributed by atoms with Crippen molar-refractivity contribution in [1.29, 1.82) is 0 Å². The van der Waals surface area contributed by atoms with E-state index in [0.29, 0.717) is 30.8 Å². The van der Waals surface area contributed by atoms with Crippen LogP contribution in [-0.2, 0) is 4.79 Å². The zero-order chi connectivity index (χ0) is 13.9. The number of carbonyl (C=O) groups is 2. The fraction of sp³-hybridized carbons (Fsp3) is 0.429. The first-order valence-electron chi connectivity index (χ1n) is 6.36. The fourth-order valence-electron chi connectivity index (χ4n) is 1.75. The second-order valence-corrected chi connectivity index (χ2v) is 4.72. The number of aliphatic carboxylic acids is 1. The van der Waals surface area contributed by atoms with Crippen LogP contribution >= 0.6 is 0 Å². The van der Waals surface area contributed by atoms with Gasteiger partial charge in [0.25, 0.3) is 5.91 Å². The maximum atomic E-state index is 12.0. The van der Waals surface area contributed by atoms with Gasteiger partial charge in [-0.1, -0.05) is 13.0 Å². The minimum atomic E-state index is -1.06. The van der Waals surface area contributed by atoms with Gasteiger partial charge in [0, 0.05) is 5.56 Å². The van der Waals surface area contributed by atoms with E-state index >= 15 is 0 Å². The number of hydrogen-bond acceptors (Lipinski definition) is 3. The molecule has 0 aromatic heterocycles. The van der Waals surface area contributed by atoms with Gasteiger partial charge in [-0.2, -0.15) is 0 Å². The monoisotopic (exact) mass is 263 g/mol. The predicted molar refractivity (Wildman–Crippen MR) is 69.3 cm³/mol. The molecule has 1 aromatic carbocycles. The molecule has 1 amide bonds. The van der Waals surface area contributed by atoms with Crippen LogP contribution in [0.25, 0.3) is 0 Å². The summed E-state index contributed by atoms with van der Waals surface area (Å²) in [6.45, 7) is 2.59. The normalized spacial score (nSPS) is 15.6. The van der Waals surface area contributed by atoms with Crippen molar-refractivity contribution in [2.45, 2.75) is 31.7 Å². The van der Waals surface area contributed by atoms with E-state index in [0.717, 1.165) is 6.42 Å². The Kier molecular flexibility index (Phi) is 3.74. The Bertz CT molecular complexity index is 494. The summed E-state index contributed by atoms with van der Waals surface area (Å²) in [6.07, 6.45) is 1.86. The maximum Gasteiger partial charge on any atom is 0.329 e. The number of amides is 1. The smallest absolute Gasteiger partial charge is 0.329 e. The SMILES string of the molecule is CCCOc1cccc(C(=O)NC2(C(=O)O)CC2)c1. The number of hydrogen-bond donors (Lipinski definition) is 2. The molecule has 0 radical (unpaired) electrons. The standard InChI is InChI=1S/C14H17NO4/c1-2-8-19-11-5-3-4-10(9-11)12(16)15-14(6-7-14)13(17)18/h3-5,9H,2,6-8H2,1H3,(H,15,16)(H,17,18). The fourth-order valence-corrected chi connectivity index (χ4v) is 1.75. The van der Waals surface area contributed by atoms with E-state index in [1.807, 2.05) is 6.92 Å². The van der Waals surface area contributed by atoms with E-state index in [4.69, 9.17) is 9.84 Å². The van der Waals surface area contributed by atoms with Crippen molar-refractivity contribution in [1.82, 2.24) is 5.32 Å². The highest BCUT2D eigenvalue weighted by Crippen LogP contribution is 2.35. The number of benzene rings is 1. The number of rotatable bonds is 6. The van der Waals surface area contributed by atoms with E-state index in [1.165, 1.54) is 0 Å². The molecule has 0 aliphatic heterocycles.